The summed E-state index contributed by atoms with van der Waals surface area (Å²) in [6.45, 7) is 6.45. The van der Waals surface area contributed by atoms with Crippen LogP contribution in [0.5, 0.6) is 5.75 Å². The van der Waals surface area contributed by atoms with Gasteiger partial charge in [0.05, 0.1) is 0 Å². The van der Waals surface area contributed by atoms with Gasteiger partial charge in [0.1, 0.15) is 11.5 Å². The van der Waals surface area contributed by atoms with E-state index in [9.17, 15) is 0 Å². The number of hydrogen-bond donors (Lipinski definition) is 1. The molecule has 4 aromatic rings. The molecule has 0 radical (unpaired) electrons. The fraction of sp³-hybridized carbons (Fsp3) is 0.0323. The summed E-state index contributed by atoms with van der Waals surface area (Å²) in [4.78, 5) is 0. The van der Waals surface area contributed by atoms with Crippen LogP contribution >= 0.6 is 0 Å². The van der Waals surface area contributed by atoms with E-state index in [0.717, 1.165) is 56.3 Å². The molecule has 0 unspecified atom stereocenters. The van der Waals surface area contributed by atoms with E-state index in [4.69, 9.17) is 4.74 Å². The molecular weight excluding hydrogens is 402 g/mol. The number of para-hydroxylation sites is 3. The fourth-order valence-electron chi connectivity index (χ4n) is 4.20. The van der Waals surface area contributed by atoms with Crippen LogP contribution in [0.15, 0.2) is 128 Å². The van der Waals surface area contributed by atoms with Gasteiger partial charge < -0.3 is 10.1 Å². The number of benzene rings is 4. The minimum Gasteiger partial charge on any atom is -0.456 e. The molecule has 5 rings (SSSR count). The Morgan fingerprint density at radius 3 is 2.15 bits per heavy atom. The van der Waals surface area contributed by atoms with Gasteiger partial charge in [0.2, 0.25) is 0 Å². The Kier molecular flexibility index (Phi) is 5.65. The second-order valence-electron chi connectivity index (χ2n) is 7.92. The van der Waals surface area contributed by atoms with Gasteiger partial charge in [0.15, 0.2) is 0 Å². The van der Waals surface area contributed by atoms with Crippen LogP contribution in [0.25, 0.3) is 22.3 Å². The van der Waals surface area contributed by atoms with E-state index in [1.807, 2.05) is 61.5 Å². The third-order valence-corrected chi connectivity index (χ3v) is 5.79. The van der Waals surface area contributed by atoms with Gasteiger partial charge in [0, 0.05) is 28.1 Å². The Labute approximate surface area is 195 Å². The van der Waals surface area contributed by atoms with Gasteiger partial charge in [-0.2, -0.15) is 0 Å². The highest BCUT2D eigenvalue weighted by Crippen LogP contribution is 2.43. The number of nitrogens with one attached hydrogen (secondary N) is 1. The van der Waals surface area contributed by atoms with E-state index in [-0.39, 0.29) is 0 Å². The average molecular weight is 428 g/mol. The Morgan fingerprint density at radius 1 is 0.727 bits per heavy atom. The fourth-order valence-corrected chi connectivity index (χ4v) is 4.20. The molecule has 2 heteroatoms. The van der Waals surface area contributed by atoms with Gasteiger partial charge in [-0.3, -0.25) is 0 Å². The number of rotatable bonds is 4. The van der Waals surface area contributed by atoms with Crippen molar-refractivity contribution in [2.24, 2.45) is 0 Å². The third-order valence-electron chi connectivity index (χ3n) is 5.79. The van der Waals surface area contributed by atoms with Crippen LogP contribution in [0.2, 0.25) is 0 Å². The first-order chi connectivity index (χ1) is 16.2. The zero-order valence-electron chi connectivity index (χ0n) is 18.6. The quantitative estimate of drug-likeness (QED) is 0.352. The minimum atomic E-state index is 0.821. The van der Waals surface area contributed by atoms with Crippen molar-refractivity contribution in [3.8, 4) is 16.9 Å². The second-order valence-corrected chi connectivity index (χ2v) is 7.92. The maximum atomic E-state index is 6.40. The van der Waals surface area contributed by atoms with Crippen molar-refractivity contribution in [2.75, 3.05) is 5.32 Å². The minimum absolute atomic E-state index is 0.821. The van der Waals surface area contributed by atoms with E-state index in [2.05, 4.69) is 72.6 Å². The van der Waals surface area contributed by atoms with E-state index >= 15 is 0 Å². The van der Waals surface area contributed by atoms with Crippen molar-refractivity contribution < 1.29 is 4.74 Å². The standard InChI is InChI=1S/C31H25NO/c1-3-30-28(26-17-8-7-16-25(26)27-18-10-12-20-31(27)33-30)21-22(2)24-15-9-11-19-29(24)32-23-13-5-4-6-14-23/h3-21,32H,2H2,1H3/b28-21?,30-3+. The summed E-state index contributed by atoms with van der Waals surface area (Å²) in [7, 11) is 0. The molecule has 0 spiro atoms. The molecule has 0 saturated heterocycles. The number of anilines is 2. The SMILES string of the molecule is C=C(C=C1/C(=C\C)Oc2ccccc2-c2ccccc21)c1ccccc1Nc1ccccc1. The summed E-state index contributed by atoms with van der Waals surface area (Å²) >= 11 is 0. The monoisotopic (exact) mass is 427 g/mol. The van der Waals surface area contributed by atoms with Crippen LogP contribution in [0.4, 0.5) is 11.4 Å². The Hall–Kier alpha value is -4.30. The summed E-state index contributed by atoms with van der Waals surface area (Å²) in [5.74, 6) is 1.68. The van der Waals surface area contributed by atoms with Gasteiger partial charge in [-0.05, 0) is 60.0 Å². The van der Waals surface area contributed by atoms with Crippen molar-refractivity contribution in [1.82, 2.24) is 0 Å². The molecule has 0 atom stereocenters. The van der Waals surface area contributed by atoms with Gasteiger partial charge >= 0.3 is 0 Å². The molecule has 0 fully saturated rings. The van der Waals surface area contributed by atoms with Crippen molar-refractivity contribution in [1.29, 1.82) is 0 Å². The van der Waals surface area contributed by atoms with Gasteiger partial charge in [-0.25, -0.2) is 0 Å². The van der Waals surface area contributed by atoms with Gasteiger partial charge in [-0.15, -0.1) is 0 Å². The van der Waals surface area contributed by atoms with Crippen molar-refractivity contribution in [3.05, 3.63) is 139 Å². The first kappa shape index (κ1) is 20.6. The molecule has 1 heterocycles. The van der Waals surface area contributed by atoms with E-state index < -0.39 is 0 Å². The van der Waals surface area contributed by atoms with Crippen LogP contribution in [0.3, 0.4) is 0 Å². The molecule has 4 aromatic carbocycles. The first-order valence-electron chi connectivity index (χ1n) is 11.1. The van der Waals surface area contributed by atoms with E-state index in [0.29, 0.717) is 0 Å². The van der Waals surface area contributed by atoms with Gasteiger partial charge in [0.25, 0.3) is 0 Å². The number of ether oxygens (including phenoxy) is 1. The summed E-state index contributed by atoms with van der Waals surface area (Å²) in [5, 5.41) is 3.53. The lowest BCUT2D eigenvalue weighted by Gasteiger charge is -2.15. The molecule has 1 aliphatic rings. The highest BCUT2D eigenvalue weighted by atomic mass is 16.5. The van der Waals surface area contributed by atoms with E-state index in [1.54, 1.807) is 0 Å². The Morgan fingerprint density at radius 2 is 1.36 bits per heavy atom. The lowest BCUT2D eigenvalue weighted by molar-refractivity contribution is 0.452. The van der Waals surface area contributed by atoms with Crippen LogP contribution in [0, 0.1) is 0 Å². The normalized spacial score (nSPS) is 14.7. The molecule has 33 heavy (non-hydrogen) atoms. The highest BCUT2D eigenvalue weighted by molar-refractivity contribution is 5.97. The summed E-state index contributed by atoms with van der Waals surface area (Å²) < 4.78 is 6.40. The van der Waals surface area contributed by atoms with Crippen LogP contribution in [0.1, 0.15) is 18.1 Å². The first-order valence-corrected chi connectivity index (χ1v) is 11.1. The molecule has 0 bridgehead atoms. The predicted octanol–water partition coefficient (Wildman–Crippen LogP) is 8.49. The van der Waals surface area contributed by atoms with E-state index in [1.165, 1.54) is 0 Å². The Balaban J connectivity index is 1.60. The summed E-state index contributed by atoms with van der Waals surface area (Å²) in [6, 6.07) is 35.1. The molecule has 160 valence electrons. The lowest BCUT2D eigenvalue weighted by atomic mass is 9.92. The molecule has 0 amide bonds. The third kappa shape index (κ3) is 4.11. The highest BCUT2D eigenvalue weighted by Gasteiger charge is 2.22. The number of fused-ring (bicyclic) bond motifs is 3. The maximum absolute atomic E-state index is 6.40. The van der Waals surface area contributed by atoms with Gasteiger partial charge in [-0.1, -0.05) is 85.4 Å². The molecular formula is C31H25NO. The molecule has 0 aliphatic carbocycles. The molecule has 1 aliphatic heterocycles. The molecule has 2 nitrogen and oxygen atoms in total. The summed E-state index contributed by atoms with van der Waals surface area (Å²) in [5.41, 5.74) is 8.40. The largest absolute Gasteiger partial charge is 0.456 e. The van der Waals surface area contributed by atoms with Crippen molar-refractivity contribution in [2.45, 2.75) is 6.92 Å². The number of hydrogen-bond acceptors (Lipinski definition) is 2. The predicted molar refractivity (Wildman–Crippen MR) is 139 cm³/mol. The molecule has 0 aromatic heterocycles. The second kappa shape index (κ2) is 9.05. The van der Waals surface area contributed by atoms with Crippen LogP contribution in [-0.2, 0) is 0 Å². The topological polar surface area (TPSA) is 21.3 Å². The Bertz CT molecular complexity index is 1380. The molecule has 1 N–H and O–H groups in total. The molecule has 0 saturated carbocycles. The lowest BCUT2D eigenvalue weighted by Crippen LogP contribution is -1.99. The van der Waals surface area contributed by atoms with Crippen LogP contribution in [-0.4, -0.2) is 0 Å². The van der Waals surface area contributed by atoms with Crippen molar-refractivity contribution in [3.63, 3.8) is 0 Å². The summed E-state index contributed by atoms with van der Waals surface area (Å²) in [6.07, 6.45) is 4.15. The zero-order valence-corrected chi connectivity index (χ0v) is 18.6. The maximum Gasteiger partial charge on any atom is 0.135 e. The zero-order chi connectivity index (χ0) is 22.6. The average Bonchev–Trinajstić information content (AvgIpc) is 3.00. The van der Waals surface area contributed by atoms with Crippen molar-refractivity contribution >= 4 is 22.5 Å². The van der Waals surface area contributed by atoms with Crippen LogP contribution < -0.4 is 10.1 Å². The number of allylic oxidation sites excluding steroid dienone is 4. The smallest absolute Gasteiger partial charge is 0.135 e.